The molecular formula is C26H33F2N5O3. The maximum absolute atomic E-state index is 13.7. The van der Waals surface area contributed by atoms with Crippen LogP contribution in [0.2, 0.25) is 0 Å². The van der Waals surface area contributed by atoms with Crippen molar-refractivity contribution < 1.29 is 23.5 Å². The van der Waals surface area contributed by atoms with Gasteiger partial charge in [-0.25, -0.2) is 8.78 Å². The van der Waals surface area contributed by atoms with E-state index >= 15 is 0 Å². The lowest BCUT2D eigenvalue weighted by atomic mass is 10.0. The number of hydrogen-bond acceptors (Lipinski definition) is 5. The zero-order chi connectivity index (χ0) is 26.1. The van der Waals surface area contributed by atoms with Crippen molar-refractivity contribution in [1.82, 2.24) is 15.6 Å². The number of para-hydroxylation sites is 1. The second-order valence-corrected chi connectivity index (χ2v) is 8.92. The quantitative estimate of drug-likeness (QED) is 0.197. The second kappa shape index (κ2) is 13.1. The van der Waals surface area contributed by atoms with Gasteiger partial charge in [0, 0.05) is 48.7 Å². The lowest BCUT2D eigenvalue weighted by molar-refractivity contribution is -0.130. The highest BCUT2D eigenvalue weighted by atomic mass is 19.1. The monoisotopic (exact) mass is 501 g/mol. The van der Waals surface area contributed by atoms with Crippen LogP contribution in [-0.4, -0.2) is 53.2 Å². The third kappa shape index (κ3) is 7.84. The number of H-pyrrole nitrogens is 1. The Morgan fingerprint density at radius 2 is 1.69 bits per heavy atom. The van der Waals surface area contributed by atoms with Gasteiger partial charge in [0.25, 0.3) is 0 Å². The standard InChI is InChI=1S/C26H33F2N5O3/c27-18-7-8-21(28)16(11-18)12-19(29)14-24(34)31-9-3-4-10-32-26(36)25(35)22(30)13-17-15-33-23-6-2-1-5-20(17)23/h1-2,5-8,11,15,19,22,25,33,35H,3-4,9-10,12-14,29-30H2,(H,31,34)(H,32,36). The van der Waals surface area contributed by atoms with Crippen LogP contribution in [0.4, 0.5) is 8.78 Å². The summed E-state index contributed by atoms with van der Waals surface area (Å²) in [5, 5.41) is 16.7. The number of aliphatic hydroxyl groups is 1. The van der Waals surface area contributed by atoms with Crippen molar-refractivity contribution in [2.75, 3.05) is 13.1 Å². The maximum Gasteiger partial charge on any atom is 0.250 e. The summed E-state index contributed by atoms with van der Waals surface area (Å²) in [6.07, 6.45) is 2.03. The van der Waals surface area contributed by atoms with Gasteiger partial charge in [0.15, 0.2) is 0 Å². The number of carbonyl (C=O) groups is 2. The summed E-state index contributed by atoms with van der Waals surface area (Å²) in [4.78, 5) is 27.4. The normalized spacial score (nSPS) is 13.8. The van der Waals surface area contributed by atoms with E-state index < -0.39 is 35.7 Å². The van der Waals surface area contributed by atoms with Gasteiger partial charge < -0.3 is 32.2 Å². The van der Waals surface area contributed by atoms with Crippen LogP contribution in [0.15, 0.2) is 48.7 Å². The van der Waals surface area contributed by atoms with Crippen LogP contribution in [0.3, 0.4) is 0 Å². The van der Waals surface area contributed by atoms with E-state index in [1.807, 2.05) is 30.5 Å². The minimum Gasteiger partial charge on any atom is -0.382 e. The third-order valence-corrected chi connectivity index (χ3v) is 5.97. The number of carbonyl (C=O) groups excluding carboxylic acids is 2. The number of aromatic nitrogens is 1. The molecule has 36 heavy (non-hydrogen) atoms. The Hall–Kier alpha value is -3.34. The molecular weight excluding hydrogens is 468 g/mol. The van der Waals surface area contributed by atoms with Gasteiger partial charge >= 0.3 is 0 Å². The predicted octanol–water partition coefficient (Wildman–Crippen LogP) is 1.65. The van der Waals surface area contributed by atoms with Crippen molar-refractivity contribution in [3.05, 3.63) is 71.4 Å². The van der Waals surface area contributed by atoms with Gasteiger partial charge in [0.05, 0.1) is 0 Å². The summed E-state index contributed by atoms with van der Waals surface area (Å²) in [6, 6.07) is 9.47. The molecule has 3 atom stereocenters. The van der Waals surface area contributed by atoms with E-state index in [1.165, 1.54) is 0 Å². The molecule has 2 aromatic carbocycles. The highest BCUT2D eigenvalue weighted by Crippen LogP contribution is 2.19. The van der Waals surface area contributed by atoms with Crippen LogP contribution in [-0.2, 0) is 22.4 Å². The Kier molecular flexibility index (Phi) is 9.92. The van der Waals surface area contributed by atoms with Crippen LogP contribution in [0, 0.1) is 11.6 Å². The SMILES string of the molecule is NC(CC(=O)NCCCCNC(=O)C(O)C(N)Cc1c[nH]c2ccccc12)Cc1cc(F)ccc1F. The third-order valence-electron chi connectivity index (χ3n) is 5.97. The molecule has 3 aromatic rings. The fourth-order valence-electron chi connectivity index (χ4n) is 4.02. The smallest absolute Gasteiger partial charge is 0.250 e. The molecule has 8 nitrogen and oxygen atoms in total. The number of aromatic amines is 1. The Bertz CT molecular complexity index is 1170. The number of aliphatic hydroxyl groups excluding tert-OH is 1. The molecule has 10 heteroatoms. The number of benzene rings is 2. The molecule has 194 valence electrons. The molecule has 3 rings (SSSR count). The highest BCUT2D eigenvalue weighted by Gasteiger charge is 2.23. The van der Waals surface area contributed by atoms with Crippen LogP contribution in [0.25, 0.3) is 10.9 Å². The first-order valence-corrected chi connectivity index (χ1v) is 12.0. The fourth-order valence-corrected chi connectivity index (χ4v) is 4.02. The van der Waals surface area contributed by atoms with E-state index in [0.717, 1.165) is 34.7 Å². The summed E-state index contributed by atoms with van der Waals surface area (Å²) in [5.41, 5.74) is 14.0. The molecule has 0 aliphatic carbocycles. The summed E-state index contributed by atoms with van der Waals surface area (Å²) in [6.45, 7) is 0.697. The van der Waals surface area contributed by atoms with Crippen molar-refractivity contribution >= 4 is 22.7 Å². The van der Waals surface area contributed by atoms with Crippen molar-refractivity contribution in [1.29, 1.82) is 0 Å². The van der Waals surface area contributed by atoms with Gasteiger partial charge in [-0.2, -0.15) is 0 Å². The Morgan fingerprint density at radius 3 is 2.47 bits per heavy atom. The maximum atomic E-state index is 13.7. The van der Waals surface area contributed by atoms with E-state index in [2.05, 4.69) is 15.6 Å². The first kappa shape index (κ1) is 27.3. The average Bonchev–Trinajstić information content (AvgIpc) is 3.25. The van der Waals surface area contributed by atoms with Gasteiger partial charge in [-0.15, -0.1) is 0 Å². The molecule has 0 fully saturated rings. The summed E-state index contributed by atoms with van der Waals surface area (Å²) < 4.78 is 27.0. The van der Waals surface area contributed by atoms with E-state index in [-0.39, 0.29) is 24.3 Å². The van der Waals surface area contributed by atoms with Crippen LogP contribution in [0.5, 0.6) is 0 Å². The summed E-state index contributed by atoms with van der Waals surface area (Å²) in [5.74, 6) is -1.94. The molecule has 0 saturated carbocycles. The fraction of sp³-hybridized carbons (Fsp3) is 0.385. The van der Waals surface area contributed by atoms with Crippen LogP contribution < -0.4 is 22.1 Å². The number of halogens is 2. The first-order valence-electron chi connectivity index (χ1n) is 12.0. The topological polar surface area (TPSA) is 146 Å². The molecule has 1 heterocycles. The number of nitrogens with two attached hydrogens (primary N) is 2. The molecule has 0 aliphatic rings. The highest BCUT2D eigenvalue weighted by molar-refractivity contribution is 5.84. The van der Waals surface area contributed by atoms with Crippen molar-refractivity contribution in [3.63, 3.8) is 0 Å². The minimum absolute atomic E-state index is 0.0206. The molecule has 3 unspecified atom stereocenters. The van der Waals surface area contributed by atoms with Gasteiger partial charge in [-0.05, 0) is 61.1 Å². The number of hydrogen-bond donors (Lipinski definition) is 6. The zero-order valence-electron chi connectivity index (χ0n) is 20.0. The summed E-state index contributed by atoms with van der Waals surface area (Å²) >= 11 is 0. The largest absolute Gasteiger partial charge is 0.382 e. The Labute approximate surface area is 208 Å². The first-order chi connectivity index (χ1) is 17.2. The molecule has 0 radical (unpaired) electrons. The average molecular weight is 502 g/mol. The van der Waals surface area contributed by atoms with Crippen molar-refractivity contribution in [2.45, 2.75) is 50.3 Å². The lowest BCUT2D eigenvalue weighted by Crippen LogP contribution is -2.47. The number of fused-ring (bicyclic) bond motifs is 1. The zero-order valence-corrected chi connectivity index (χ0v) is 20.0. The predicted molar refractivity (Wildman–Crippen MR) is 134 cm³/mol. The van der Waals surface area contributed by atoms with Gasteiger partial charge in [0.1, 0.15) is 17.7 Å². The number of nitrogens with one attached hydrogen (secondary N) is 3. The second-order valence-electron chi connectivity index (χ2n) is 8.92. The number of amides is 2. The number of rotatable bonds is 13. The van der Waals surface area contributed by atoms with Gasteiger partial charge in [-0.1, -0.05) is 18.2 Å². The van der Waals surface area contributed by atoms with E-state index in [0.29, 0.717) is 32.4 Å². The lowest BCUT2D eigenvalue weighted by Gasteiger charge is -2.18. The minimum atomic E-state index is -1.34. The van der Waals surface area contributed by atoms with E-state index in [4.69, 9.17) is 11.5 Å². The molecule has 1 aromatic heterocycles. The van der Waals surface area contributed by atoms with Crippen LogP contribution >= 0.6 is 0 Å². The number of unbranched alkanes of at least 4 members (excludes halogenated alkanes) is 1. The van der Waals surface area contributed by atoms with E-state index in [9.17, 15) is 23.5 Å². The molecule has 0 bridgehead atoms. The molecule has 0 saturated heterocycles. The Morgan fingerprint density at radius 1 is 0.972 bits per heavy atom. The molecule has 8 N–H and O–H groups in total. The van der Waals surface area contributed by atoms with Crippen molar-refractivity contribution in [2.24, 2.45) is 11.5 Å². The molecule has 0 spiro atoms. The molecule has 2 amide bonds. The van der Waals surface area contributed by atoms with Crippen LogP contribution in [0.1, 0.15) is 30.4 Å². The Balaban J connectivity index is 1.29. The van der Waals surface area contributed by atoms with Gasteiger partial charge in [-0.3, -0.25) is 9.59 Å². The molecule has 0 aliphatic heterocycles. The summed E-state index contributed by atoms with van der Waals surface area (Å²) in [7, 11) is 0. The van der Waals surface area contributed by atoms with Crippen molar-refractivity contribution in [3.8, 4) is 0 Å². The van der Waals surface area contributed by atoms with E-state index in [1.54, 1.807) is 0 Å². The van der Waals surface area contributed by atoms with Gasteiger partial charge in [0.2, 0.25) is 11.8 Å².